The minimum atomic E-state index is 0.205. The van der Waals surface area contributed by atoms with Crippen molar-refractivity contribution >= 4 is 23.0 Å². The Kier molecular flexibility index (Phi) is 5.96. The second-order valence-electron chi connectivity index (χ2n) is 5.78. The summed E-state index contributed by atoms with van der Waals surface area (Å²) in [5.74, 6) is 0.449. The Hall–Kier alpha value is -1.87. The van der Waals surface area contributed by atoms with Crippen molar-refractivity contribution in [3.63, 3.8) is 0 Å². The monoisotopic (exact) mass is 312 g/mol. The molecule has 22 heavy (non-hydrogen) atoms. The lowest BCUT2D eigenvalue weighted by molar-refractivity contribution is 0.473. The van der Waals surface area contributed by atoms with Gasteiger partial charge in [0.2, 0.25) is 0 Å². The molecule has 2 rings (SSSR count). The zero-order valence-electron chi connectivity index (χ0n) is 13.5. The van der Waals surface area contributed by atoms with Crippen LogP contribution in [0.25, 0.3) is 0 Å². The second kappa shape index (κ2) is 7.95. The summed E-state index contributed by atoms with van der Waals surface area (Å²) >= 11 is 5.47. The Labute approximate surface area is 139 Å². The fourth-order valence-electron chi connectivity index (χ4n) is 2.43. The molecule has 0 saturated carbocycles. The Balaban J connectivity index is 2.02. The van der Waals surface area contributed by atoms with Crippen LogP contribution in [0.5, 0.6) is 0 Å². The number of hydrogen-bond acceptors (Lipinski definition) is 1. The van der Waals surface area contributed by atoms with Crippen molar-refractivity contribution in [2.45, 2.75) is 33.2 Å². The fraction of sp³-hybridized carbons (Fsp3) is 0.316. The average molecular weight is 312 g/mol. The molecule has 3 heteroatoms. The summed E-state index contributed by atoms with van der Waals surface area (Å²) in [6.45, 7) is 6.55. The van der Waals surface area contributed by atoms with E-state index in [4.69, 9.17) is 12.2 Å². The first-order valence-electron chi connectivity index (χ1n) is 7.81. The van der Waals surface area contributed by atoms with Crippen molar-refractivity contribution < 1.29 is 0 Å². The molecule has 2 nitrogen and oxygen atoms in total. The van der Waals surface area contributed by atoms with Crippen molar-refractivity contribution in [2.24, 2.45) is 5.92 Å². The first kappa shape index (κ1) is 16.5. The summed E-state index contributed by atoms with van der Waals surface area (Å²) < 4.78 is 0. The summed E-state index contributed by atoms with van der Waals surface area (Å²) in [6, 6.07) is 19.0. The molecule has 2 aromatic rings. The zero-order valence-corrected chi connectivity index (χ0v) is 14.3. The third-order valence-electron chi connectivity index (χ3n) is 3.73. The van der Waals surface area contributed by atoms with Crippen LogP contribution in [0.15, 0.2) is 54.6 Å². The van der Waals surface area contributed by atoms with Gasteiger partial charge in [-0.3, -0.25) is 0 Å². The molecule has 0 aromatic heterocycles. The number of nitrogens with one attached hydrogen (secondary N) is 2. The van der Waals surface area contributed by atoms with Gasteiger partial charge in [0.25, 0.3) is 0 Å². The number of hydrogen-bond donors (Lipinski definition) is 2. The molecule has 2 aromatic carbocycles. The molecule has 1 atom stereocenters. The molecule has 0 aliphatic heterocycles. The third-order valence-corrected chi connectivity index (χ3v) is 3.95. The predicted molar refractivity (Wildman–Crippen MR) is 99.2 cm³/mol. The van der Waals surface area contributed by atoms with Gasteiger partial charge in [-0.25, -0.2) is 0 Å². The van der Waals surface area contributed by atoms with Crippen LogP contribution in [-0.2, 0) is 6.42 Å². The molecular formula is C19H24N2S. The van der Waals surface area contributed by atoms with Gasteiger partial charge in [-0.05, 0) is 47.8 Å². The summed E-state index contributed by atoms with van der Waals surface area (Å²) in [5.41, 5.74) is 3.60. The number of thiocarbonyl (C=S) groups is 1. The van der Waals surface area contributed by atoms with Crippen LogP contribution >= 0.6 is 12.2 Å². The topological polar surface area (TPSA) is 24.1 Å². The lowest BCUT2D eigenvalue weighted by Gasteiger charge is -2.24. The van der Waals surface area contributed by atoms with E-state index < -0.39 is 0 Å². The van der Waals surface area contributed by atoms with E-state index in [9.17, 15) is 0 Å². The van der Waals surface area contributed by atoms with E-state index >= 15 is 0 Å². The van der Waals surface area contributed by atoms with Crippen molar-refractivity contribution in [3.8, 4) is 0 Å². The molecule has 0 unspecified atom stereocenters. The van der Waals surface area contributed by atoms with E-state index in [0.29, 0.717) is 11.0 Å². The number of aryl methyl sites for hydroxylation is 1. The molecule has 0 radical (unpaired) electrons. The van der Waals surface area contributed by atoms with Crippen molar-refractivity contribution in [2.75, 3.05) is 5.32 Å². The normalized spacial score (nSPS) is 12.0. The van der Waals surface area contributed by atoms with E-state index in [-0.39, 0.29) is 6.04 Å². The molecular weight excluding hydrogens is 288 g/mol. The summed E-state index contributed by atoms with van der Waals surface area (Å²) in [7, 11) is 0. The van der Waals surface area contributed by atoms with Crippen molar-refractivity contribution in [3.05, 3.63) is 65.7 Å². The van der Waals surface area contributed by atoms with Crippen LogP contribution in [0, 0.1) is 5.92 Å². The lowest BCUT2D eigenvalue weighted by atomic mass is 9.96. The highest BCUT2D eigenvalue weighted by atomic mass is 32.1. The van der Waals surface area contributed by atoms with Crippen molar-refractivity contribution in [1.82, 2.24) is 5.32 Å². The van der Waals surface area contributed by atoms with E-state index in [1.54, 1.807) is 0 Å². The molecule has 0 heterocycles. The largest absolute Gasteiger partial charge is 0.355 e. The Morgan fingerprint density at radius 1 is 1.00 bits per heavy atom. The third kappa shape index (κ3) is 4.57. The quantitative estimate of drug-likeness (QED) is 0.765. The van der Waals surface area contributed by atoms with Gasteiger partial charge in [0.15, 0.2) is 5.11 Å². The van der Waals surface area contributed by atoms with Gasteiger partial charge >= 0.3 is 0 Å². The van der Waals surface area contributed by atoms with Gasteiger partial charge in [0, 0.05) is 5.69 Å². The summed E-state index contributed by atoms with van der Waals surface area (Å²) in [6.07, 6.45) is 1.05. The highest BCUT2D eigenvalue weighted by Gasteiger charge is 2.16. The summed E-state index contributed by atoms with van der Waals surface area (Å²) in [5, 5.41) is 7.36. The van der Waals surface area contributed by atoms with Gasteiger partial charge in [-0.2, -0.15) is 0 Å². The standard InChI is InChI=1S/C19H24N2S/c1-4-15-10-12-17(13-11-15)20-19(22)21-18(14(2)3)16-8-6-5-7-9-16/h5-14,18H,4H2,1-3H3,(H2,20,21,22)/t18-/m1/s1. The van der Waals surface area contributed by atoms with E-state index in [1.165, 1.54) is 11.1 Å². The maximum absolute atomic E-state index is 5.47. The first-order valence-corrected chi connectivity index (χ1v) is 8.22. The van der Waals surface area contributed by atoms with Gasteiger partial charge in [-0.15, -0.1) is 0 Å². The minimum Gasteiger partial charge on any atom is -0.355 e. The maximum atomic E-state index is 5.47. The molecule has 0 saturated heterocycles. The van der Waals surface area contributed by atoms with E-state index in [1.807, 2.05) is 6.07 Å². The molecule has 2 N–H and O–H groups in total. The predicted octanol–water partition coefficient (Wildman–Crippen LogP) is 4.93. The van der Waals surface area contributed by atoms with Crippen LogP contribution in [0.3, 0.4) is 0 Å². The Morgan fingerprint density at radius 3 is 2.18 bits per heavy atom. The highest BCUT2D eigenvalue weighted by Crippen LogP contribution is 2.21. The SMILES string of the molecule is CCc1ccc(NC(=S)N[C@@H](c2ccccc2)C(C)C)cc1. The first-order chi connectivity index (χ1) is 10.6. The fourth-order valence-corrected chi connectivity index (χ4v) is 2.67. The zero-order chi connectivity index (χ0) is 15.9. The average Bonchev–Trinajstić information content (AvgIpc) is 2.54. The van der Waals surface area contributed by atoms with Crippen LogP contribution in [-0.4, -0.2) is 5.11 Å². The molecule has 116 valence electrons. The summed E-state index contributed by atoms with van der Waals surface area (Å²) in [4.78, 5) is 0. The Morgan fingerprint density at radius 2 is 1.64 bits per heavy atom. The molecule has 0 amide bonds. The molecule has 0 aliphatic rings. The molecule has 0 aliphatic carbocycles. The van der Waals surface area contributed by atoms with Crippen LogP contribution < -0.4 is 10.6 Å². The number of benzene rings is 2. The highest BCUT2D eigenvalue weighted by molar-refractivity contribution is 7.80. The Bertz CT molecular complexity index is 591. The van der Waals surface area contributed by atoms with Gasteiger partial charge in [0.1, 0.15) is 0 Å². The maximum Gasteiger partial charge on any atom is 0.171 e. The van der Waals surface area contributed by atoms with Gasteiger partial charge in [0.05, 0.1) is 6.04 Å². The smallest absolute Gasteiger partial charge is 0.171 e. The molecule has 0 spiro atoms. The molecule has 0 bridgehead atoms. The van der Waals surface area contributed by atoms with Gasteiger partial charge in [-0.1, -0.05) is 63.2 Å². The van der Waals surface area contributed by atoms with Crippen LogP contribution in [0.4, 0.5) is 5.69 Å². The molecule has 0 fully saturated rings. The lowest BCUT2D eigenvalue weighted by Crippen LogP contribution is -2.34. The van der Waals surface area contributed by atoms with Crippen LogP contribution in [0.1, 0.15) is 37.9 Å². The van der Waals surface area contributed by atoms with Gasteiger partial charge < -0.3 is 10.6 Å². The number of rotatable bonds is 5. The van der Waals surface area contributed by atoms with E-state index in [0.717, 1.165) is 12.1 Å². The minimum absolute atomic E-state index is 0.205. The number of anilines is 1. The van der Waals surface area contributed by atoms with Crippen molar-refractivity contribution in [1.29, 1.82) is 0 Å². The second-order valence-corrected chi connectivity index (χ2v) is 6.19. The van der Waals surface area contributed by atoms with E-state index in [2.05, 4.69) is 79.9 Å². The van der Waals surface area contributed by atoms with Crippen LogP contribution in [0.2, 0.25) is 0 Å².